The van der Waals surface area contributed by atoms with Gasteiger partial charge in [0.25, 0.3) is 0 Å². The molecule has 3 aromatic rings. The number of aromatic nitrogens is 2. The van der Waals surface area contributed by atoms with Crippen LogP contribution in [0.1, 0.15) is 28.9 Å². The van der Waals surface area contributed by atoms with Gasteiger partial charge < -0.3 is 9.84 Å². The predicted molar refractivity (Wildman–Crippen MR) is 96.0 cm³/mol. The van der Waals surface area contributed by atoms with Gasteiger partial charge in [-0.25, -0.2) is 4.39 Å². The van der Waals surface area contributed by atoms with E-state index in [0.29, 0.717) is 24.7 Å². The summed E-state index contributed by atoms with van der Waals surface area (Å²) in [5, 5.41) is 7.48. The van der Waals surface area contributed by atoms with Crippen molar-refractivity contribution in [1.29, 1.82) is 0 Å². The van der Waals surface area contributed by atoms with E-state index in [0.717, 1.165) is 30.8 Å². The molecule has 2 aromatic carbocycles. The summed E-state index contributed by atoms with van der Waals surface area (Å²) in [5.74, 6) is 1.07. The minimum Gasteiger partial charge on any atom is -0.338 e. The number of hydrogen-bond acceptors (Lipinski definition) is 5. The molecule has 2 heterocycles. The van der Waals surface area contributed by atoms with Crippen molar-refractivity contribution in [2.45, 2.75) is 19.0 Å². The summed E-state index contributed by atoms with van der Waals surface area (Å²) in [5.41, 5.74) is 2.11. The van der Waals surface area contributed by atoms with Crippen molar-refractivity contribution < 1.29 is 8.91 Å². The molecule has 1 unspecified atom stereocenters. The average Bonchev–Trinajstić information content (AvgIpc) is 3.10. The number of nitrogens with one attached hydrogen (secondary N) is 1. The van der Waals surface area contributed by atoms with Crippen LogP contribution in [0.2, 0.25) is 0 Å². The van der Waals surface area contributed by atoms with Crippen LogP contribution in [-0.2, 0) is 13.0 Å². The largest absolute Gasteiger partial charge is 0.338 e. The molecule has 0 amide bonds. The Hall–Kier alpha value is -2.57. The molecule has 5 nitrogen and oxygen atoms in total. The Kier molecular flexibility index (Phi) is 5.04. The lowest BCUT2D eigenvalue weighted by Gasteiger charge is -2.35. The van der Waals surface area contributed by atoms with Crippen LogP contribution in [0.3, 0.4) is 0 Å². The van der Waals surface area contributed by atoms with Crippen LogP contribution < -0.4 is 5.32 Å². The summed E-state index contributed by atoms with van der Waals surface area (Å²) in [6.07, 6.45) is 0.652. The standard InChI is InChI=1S/C20H21FN4O/c21-17-8-4-7-16(12-17)18-13-22-9-10-25(18)14-20-23-19(24-26-20)11-15-5-2-1-3-6-15/h1-8,12,18,22H,9-11,13-14H2. The van der Waals surface area contributed by atoms with Crippen LogP contribution in [0, 0.1) is 5.82 Å². The summed E-state index contributed by atoms with van der Waals surface area (Å²) < 4.78 is 19.1. The Labute approximate surface area is 151 Å². The fourth-order valence-electron chi connectivity index (χ4n) is 3.36. The number of benzene rings is 2. The molecule has 134 valence electrons. The zero-order valence-electron chi connectivity index (χ0n) is 14.4. The maximum absolute atomic E-state index is 13.6. The average molecular weight is 352 g/mol. The molecule has 1 fully saturated rings. The first-order chi connectivity index (χ1) is 12.8. The van der Waals surface area contributed by atoms with Gasteiger partial charge in [0.2, 0.25) is 5.89 Å². The highest BCUT2D eigenvalue weighted by Gasteiger charge is 2.25. The molecule has 1 aromatic heterocycles. The fourth-order valence-corrected chi connectivity index (χ4v) is 3.36. The third-order valence-electron chi connectivity index (χ3n) is 4.64. The van der Waals surface area contributed by atoms with E-state index in [1.54, 1.807) is 12.1 Å². The Morgan fingerprint density at radius 1 is 1.15 bits per heavy atom. The maximum atomic E-state index is 13.6. The minimum absolute atomic E-state index is 0.0870. The Morgan fingerprint density at radius 2 is 2.04 bits per heavy atom. The fraction of sp³-hybridized carbons (Fsp3) is 0.300. The molecule has 0 bridgehead atoms. The molecule has 0 radical (unpaired) electrons. The maximum Gasteiger partial charge on any atom is 0.240 e. The highest BCUT2D eigenvalue weighted by atomic mass is 19.1. The van der Waals surface area contributed by atoms with Gasteiger partial charge in [0.15, 0.2) is 5.82 Å². The summed E-state index contributed by atoms with van der Waals surface area (Å²) >= 11 is 0. The van der Waals surface area contributed by atoms with E-state index in [-0.39, 0.29) is 11.9 Å². The molecule has 1 saturated heterocycles. The van der Waals surface area contributed by atoms with Gasteiger partial charge in [-0.3, -0.25) is 4.90 Å². The molecule has 6 heteroatoms. The minimum atomic E-state index is -0.212. The van der Waals surface area contributed by atoms with Crippen molar-refractivity contribution in [1.82, 2.24) is 20.4 Å². The Morgan fingerprint density at radius 3 is 2.88 bits per heavy atom. The van der Waals surface area contributed by atoms with Crippen molar-refractivity contribution >= 4 is 0 Å². The molecule has 1 N–H and O–H groups in total. The summed E-state index contributed by atoms with van der Waals surface area (Å²) in [4.78, 5) is 6.79. The molecule has 1 aliphatic heterocycles. The van der Waals surface area contributed by atoms with E-state index in [1.165, 1.54) is 6.07 Å². The molecule has 1 aliphatic rings. The summed E-state index contributed by atoms with van der Waals surface area (Å²) in [6.45, 7) is 3.06. The van der Waals surface area contributed by atoms with E-state index in [1.807, 2.05) is 36.4 Å². The number of hydrogen-bond donors (Lipinski definition) is 1. The molecular weight excluding hydrogens is 331 g/mol. The lowest BCUT2D eigenvalue weighted by Crippen LogP contribution is -2.45. The van der Waals surface area contributed by atoms with Crippen molar-refractivity contribution in [3.8, 4) is 0 Å². The monoisotopic (exact) mass is 352 g/mol. The van der Waals surface area contributed by atoms with E-state index in [9.17, 15) is 4.39 Å². The SMILES string of the molecule is Fc1cccc(C2CNCCN2Cc2nc(Cc3ccccc3)no2)c1. The van der Waals surface area contributed by atoms with Gasteiger partial charge in [-0.05, 0) is 23.3 Å². The first-order valence-electron chi connectivity index (χ1n) is 8.83. The molecule has 4 rings (SSSR count). The highest BCUT2D eigenvalue weighted by molar-refractivity contribution is 5.21. The normalized spacial score (nSPS) is 18.1. The number of nitrogens with zero attached hydrogens (tertiary/aromatic N) is 3. The van der Waals surface area contributed by atoms with Crippen LogP contribution >= 0.6 is 0 Å². The number of piperazine rings is 1. The Bertz CT molecular complexity index is 852. The van der Waals surface area contributed by atoms with Gasteiger partial charge in [-0.15, -0.1) is 0 Å². The van der Waals surface area contributed by atoms with Crippen molar-refractivity contribution in [2.75, 3.05) is 19.6 Å². The lowest BCUT2D eigenvalue weighted by molar-refractivity contribution is 0.135. The second-order valence-electron chi connectivity index (χ2n) is 6.51. The van der Waals surface area contributed by atoms with Gasteiger partial charge in [0.1, 0.15) is 5.82 Å². The van der Waals surface area contributed by atoms with Crippen LogP contribution in [0.5, 0.6) is 0 Å². The number of rotatable bonds is 5. The predicted octanol–water partition coefficient (Wildman–Crippen LogP) is 2.95. The summed E-state index contributed by atoms with van der Waals surface area (Å²) in [7, 11) is 0. The Balaban J connectivity index is 1.47. The van der Waals surface area contributed by atoms with Crippen LogP contribution in [-0.4, -0.2) is 34.7 Å². The molecule has 0 spiro atoms. The van der Waals surface area contributed by atoms with E-state index in [4.69, 9.17) is 4.52 Å². The van der Waals surface area contributed by atoms with Gasteiger partial charge in [-0.2, -0.15) is 4.98 Å². The van der Waals surface area contributed by atoms with Crippen molar-refractivity contribution in [3.05, 3.63) is 83.3 Å². The molecule has 26 heavy (non-hydrogen) atoms. The van der Waals surface area contributed by atoms with Crippen molar-refractivity contribution in [3.63, 3.8) is 0 Å². The van der Waals surface area contributed by atoms with E-state index in [2.05, 4.69) is 20.4 Å². The molecule has 0 aliphatic carbocycles. The zero-order chi connectivity index (χ0) is 17.8. The van der Waals surface area contributed by atoms with Gasteiger partial charge in [-0.1, -0.05) is 47.6 Å². The zero-order valence-corrected chi connectivity index (χ0v) is 14.4. The topological polar surface area (TPSA) is 54.2 Å². The molecular formula is C20H21FN4O. The second-order valence-corrected chi connectivity index (χ2v) is 6.51. The molecule has 0 saturated carbocycles. The van der Waals surface area contributed by atoms with Gasteiger partial charge in [0, 0.05) is 32.1 Å². The van der Waals surface area contributed by atoms with Crippen LogP contribution in [0.4, 0.5) is 4.39 Å². The highest BCUT2D eigenvalue weighted by Crippen LogP contribution is 2.24. The third kappa shape index (κ3) is 3.98. The number of halogens is 1. The smallest absolute Gasteiger partial charge is 0.240 e. The lowest BCUT2D eigenvalue weighted by atomic mass is 10.0. The van der Waals surface area contributed by atoms with Crippen LogP contribution in [0.25, 0.3) is 0 Å². The molecule has 1 atom stereocenters. The first kappa shape index (κ1) is 16.9. The summed E-state index contributed by atoms with van der Waals surface area (Å²) in [6, 6.07) is 17.0. The van der Waals surface area contributed by atoms with Crippen molar-refractivity contribution in [2.24, 2.45) is 0 Å². The second kappa shape index (κ2) is 7.76. The third-order valence-corrected chi connectivity index (χ3v) is 4.64. The van der Waals surface area contributed by atoms with Gasteiger partial charge in [0.05, 0.1) is 6.54 Å². The first-order valence-corrected chi connectivity index (χ1v) is 8.83. The van der Waals surface area contributed by atoms with Gasteiger partial charge >= 0.3 is 0 Å². The quantitative estimate of drug-likeness (QED) is 0.765. The van der Waals surface area contributed by atoms with E-state index >= 15 is 0 Å². The van der Waals surface area contributed by atoms with Crippen LogP contribution in [0.15, 0.2) is 59.1 Å². The van der Waals surface area contributed by atoms with E-state index < -0.39 is 0 Å².